The minimum Gasteiger partial charge on any atom is -0.497 e. The molecule has 6 heteroatoms. The molecule has 0 saturated carbocycles. The molecule has 0 unspecified atom stereocenters. The summed E-state index contributed by atoms with van der Waals surface area (Å²) in [5.41, 5.74) is 1.52. The summed E-state index contributed by atoms with van der Waals surface area (Å²) in [5, 5.41) is 15.9. The van der Waals surface area contributed by atoms with Gasteiger partial charge in [0.25, 0.3) is 0 Å². The molecule has 0 radical (unpaired) electrons. The van der Waals surface area contributed by atoms with Crippen molar-refractivity contribution < 1.29 is 4.74 Å². The van der Waals surface area contributed by atoms with Gasteiger partial charge in [-0.1, -0.05) is 25.1 Å². The number of hydrogen-bond donors (Lipinski definition) is 1. The van der Waals surface area contributed by atoms with Gasteiger partial charge < -0.3 is 10.1 Å². The Morgan fingerprint density at radius 3 is 2.42 bits per heavy atom. The fraction of sp³-hybridized carbons (Fsp3) is 0.278. The van der Waals surface area contributed by atoms with Gasteiger partial charge in [0.15, 0.2) is 5.82 Å². The molecule has 0 amide bonds. The first-order valence-electron chi connectivity index (χ1n) is 7.93. The van der Waals surface area contributed by atoms with E-state index in [1.54, 1.807) is 11.8 Å². The zero-order valence-electron chi connectivity index (χ0n) is 14.1. The van der Waals surface area contributed by atoms with Crippen LogP contribution in [0.5, 0.6) is 5.75 Å². The standard InChI is InChI=1S/C18H21N5O/c1-4-18(2,19-14-10-12-16(24-3)13-11-14)17-20-21-22-23(17)15-8-6-5-7-9-15/h5-13,19H,4H2,1-3H3/t18-/m1/s1. The predicted molar refractivity (Wildman–Crippen MR) is 93.4 cm³/mol. The van der Waals surface area contributed by atoms with Crippen molar-refractivity contribution in [1.29, 1.82) is 0 Å². The van der Waals surface area contributed by atoms with E-state index in [4.69, 9.17) is 4.74 Å². The molecule has 0 saturated heterocycles. The maximum Gasteiger partial charge on any atom is 0.181 e. The van der Waals surface area contributed by atoms with Crippen LogP contribution in [0.1, 0.15) is 26.1 Å². The van der Waals surface area contributed by atoms with Crippen LogP contribution >= 0.6 is 0 Å². The van der Waals surface area contributed by atoms with Crippen LogP contribution in [0.2, 0.25) is 0 Å². The van der Waals surface area contributed by atoms with Gasteiger partial charge >= 0.3 is 0 Å². The van der Waals surface area contributed by atoms with Gasteiger partial charge in [-0.15, -0.1) is 5.10 Å². The van der Waals surface area contributed by atoms with E-state index in [0.29, 0.717) is 0 Å². The van der Waals surface area contributed by atoms with E-state index in [0.717, 1.165) is 29.4 Å². The summed E-state index contributed by atoms with van der Waals surface area (Å²) in [6.07, 6.45) is 0.826. The lowest BCUT2D eigenvalue weighted by Crippen LogP contribution is -2.34. The molecule has 1 aromatic heterocycles. The molecule has 1 heterocycles. The normalized spacial score (nSPS) is 13.3. The summed E-state index contributed by atoms with van der Waals surface area (Å²) in [6.45, 7) is 4.21. The molecule has 2 aromatic carbocycles. The smallest absolute Gasteiger partial charge is 0.181 e. The van der Waals surface area contributed by atoms with E-state index in [1.807, 2.05) is 54.6 Å². The molecule has 3 aromatic rings. The van der Waals surface area contributed by atoms with E-state index in [9.17, 15) is 0 Å². The van der Waals surface area contributed by atoms with Gasteiger partial charge in [-0.25, -0.2) is 0 Å². The van der Waals surface area contributed by atoms with E-state index in [1.165, 1.54) is 0 Å². The zero-order chi connectivity index (χ0) is 17.0. The van der Waals surface area contributed by atoms with Crippen LogP contribution in [0.4, 0.5) is 5.69 Å². The highest BCUT2D eigenvalue weighted by Gasteiger charge is 2.31. The van der Waals surface area contributed by atoms with Crippen LogP contribution in [0, 0.1) is 0 Å². The predicted octanol–water partition coefficient (Wildman–Crippen LogP) is 3.41. The Morgan fingerprint density at radius 2 is 1.79 bits per heavy atom. The number of ether oxygens (including phenoxy) is 1. The van der Waals surface area contributed by atoms with Crippen LogP contribution in [0.3, 0.4) is 0 Å². The maximum absolute atomic E-state index is 5.21. The summed E-state index contributed by atoms with van der Waals surface area (Å²) in [6, 6.07) is 17.7. The van der Waals surface area contributed by atoms with Crippen molar-refractivity contribution in [3.05, 3.63) is 60.4 Å². The summed E-state index contributed by atoms with van der Waals surface area (Å²) >= 11 is 0. The number of nitrogens with one attached hydrogen (secondary N) is 1. The minimum atomic E-state index is -0.409. The molecule has 0 aliphatic rings. The van der Waals surface area contributed by atoms with Gasteiger partial charge in [0.2, 0.25) is 0 Å². The largest absolute Gasteiger partial charge is 0.497 e. The van der Waals surface area contributed by atoms with Crippen LogP contribution in [0.25, 0.3) is 5.69 Å². The van der Waals surface area contributed by atoms with E-state index in [-0.39, 0.29) is 0 Å². The first-order chi connectivity index (χ1) is 11.7. The monoisotopic (exact) mass is 323 g/mol. The third-order valence-electron chi connectivity index (χ3n) is 4.18. The Morgan fingerprint density at radius 1 is 1.08 bits per heavy atom. The van der Waals surface area contributed by atoms with Crippen LogP contribution in [-0.4, -0.2) is 27.3 Å². The SMILES string of the molecule is CC[C@@](C)(Nc1ccc(OC)cc1)c1nnnn1-c1ccccc1. The molecule has 0 spiro atoms. The highest BCUT2D eigenvalue weighted by atomic mass is 16.5. The Labute approximate surface area is 141 Å². The molecule has 0 aliphatic carbocycles. The quantitative estimate of drug-likeness (QED) is 0.753. The van der Waals surface area contributed by atoms with Crippen molar-refractivity contribution in [1.82, 2.24) is 20.2 Å². The van der Waals surface area contributed by atoms with Gasteiger partial charge in [-0.3, -0.25) is 0 Å². The highest BCUT2D eigenvalue weighted by molar-refractivity contribution is 5.49. The third kappa shape index (κ3) is 3.08. The molecule has 124 valence electrons. The Bertz CT molecular complexity index is 785. The molecular formula is C18H21N5O. The van der Waals surface area contributed by atoms with Crippen LogP contribution in [0.15, 0.2) is 54.6 Å². The van der Waals surface area contributed by atoms with Gasteiger partial charge in [0.05, 0.1) is 18.3 Å². The van der Waals surface area contributed by atoms with Crippen molar-refractivity contribution in [3.8, 4) is 11.4 Å². The Hall–Kier alpha value is -2.89. The van der Waals surface area contributed by atoms with Gasteiger partial charge in [0, 0.05) is 5.69 Å². The molecule has 1 atom stereocenters. The second-order valence-corrected chi connectivity index (χ2v) is 5.79. The van der Waals surface area contributed by atoms with Crippen molar-refractivity contribution in [2.45, 2.75) is 25.8 Å². The number of tetrazole rings is 1. The van der Waals surface area contributed by atoms with Crippen molar-refractivity contribution in [2.75, 3.05) is 12.4 Å². The van der Waals surface area contributed by atoms with Gasteiger partial charge in [-0.2, -0.15) is 4.68 Å². The van der Waals surface area contributed by atoms with Crippen molar-refractivity contribution >= 4 is 5.69 Å². The summed E-state index contributed by atoms with van der Waals surface area (Å²) in [5.74, 6) is 1.60. The number of para-hydroxylation sites is 1. The molecule has 1 N–H and O–H groups in total. The van der Waals surface area contributed by atoms with E-state index < -0.39 is 5.54 Å². The summed E-state index contributed by atoms with van der Waals surface area (Å²) < 4.78 is 6.99. The van der Waals surface area contributed by atoms with E-state index in [2.05, 4.69) is 34.7 Å². The summed E-state index contributed by atoms with van der Waals surface area (Å²) in [4.78, 5) is 0. The lowest BCUT2D eigenvalue weighted by molar-refractivity contribution is 0.414. The molecular weight excluding hydrogens is 302 g/mol. The van der Waals surface area contributed by atoms with Crippen molar-refractivity contribution in [3.63, 3.8) is 0 Å². The maximum atomic E-state index is 5.21. The highest BCUT2D eigenvalue weighted by Crippen LogP contribution is 2.29. The molecule has 0 fully saturated rings. The first kappa shape index (κ1) is 16.0. The number of methoxy groups -OCH3 is 1. The Kier molecular flexibility index (Phi) is 4.46. The lowest BCUT2D eigenvalue weighted by atomic mass is 9.97. The number of benzene rings is 2. The number of anilines is 1. The molecule has 6 nitrogen and oxygen atoms in total. The molecule has 3 rings (SSSR count). The van der Waals surface area contributed by atoms with Gasteiger partial charge in [0.1, 0.15) is 5.75 Å². The number of nitrogens with zero attached hydrogens (tertiary/aromatic N) is 4. The zero-order valence-corrected chi connectivity index (χ0v) is 14.1. The average Bonchev–Trinajstić information content (AvgIpc) is 3.13. The molecule has 24 heavy (non-hydrogen) atoms. The Balaban J connectivity index is 1.94. The second kappa shape index (κ2) is 6.70. The fourth-order valence-electron chi connectivity index (χ4n) is 2.57. The van der Waals surface area contributed by atoms with E-state index >= 15 is 0 Å². The first-order valence-corrected chi connectivity index (χ1v) is 7.93. The topological polar surface area (TPSA) is 64.9 Å². The minimum absolute atomic E-state index is 0.409. The van der Waals surface area contributed by atoms with Gasteiger partial charge in [-0.05, 0) is 60.2 Å². The average molecular weight is 323 g/mol. The fourth-order valence-corrected chi connectivity index (χ4v) is 2.57. The molecule has 0 aliphatic heterocycles. The third-order valence-corrected chi connectivity index (χ3v) is 4.18. The number of hydrogen-bond acceptors (Lipinski definition) is 5. The summed E-state index contributed by atoms with van der Waals surface area (Å²) in [7, 11) is 1.66. The molecule has 0 bridgehead atoms. The number of rotatable bonds is 6. The van der Waals surface area contributed by atoms with Crippen LogP contribution < -0.4 is 10.1 Å². The lowest BCUT2D eigenvalue weighted by Gasteiger charge is -2.29. The van der Waals surface area contributed by atoms with Crippen LogP contribution in [-0.2, 0) is 5.54 Å². The second-order valence-electron chi connectivity index (χ2n) is 5.79. The van der Waals surface area contributed by atoms with Crippen molar-refractivity contribution in [2.24, 2.45) is 0 Å². The number of aromatic nitrogens is 4.